The Morgan fingerprint density at radius 2 is 2.03 bits per heavy atom. The van der Waals surface area contributed by atoms with Gasteiger partial charge in [-0.05, 0) is 55.8 Å². The summed E-state index contributed by atoms with van der Waals surface area (Å²) in [6.07, 6.45) is 5.44. The van der Waals surface area contributed by atoms with Gasteiger partial charge in [0.15, 0.2) is 0 Å². The van der Waals surface area contributed by atoms with Crippen LogP contribution in [0.2, 0.25) is 0 Å². The van der Waals surface area contributed by atoms with Gasteiger partial charge in [0.05, 0.1) is 5.39 Å². The lowest BCUT2D eigenvalue weighted by atomic mass is 10.1. The third-order valence-electron chi connectivity index (χ3n) is 6.14. The molecule has 0 saturated carbocycles. The number of ether oxygens (including phenoxy) is 1. The largest absolute Gasteiger partial charge is 0.457 e. The molecule has 0 aliphatic carbocycles. The maximum Gasteiger partial charge on any atom is 0.214 e. The van der Waals surface area contributed by atoms with Gasteiger partial charge in [-0.3, -0.25) is 0 Å². The number of aromatic amines is 1. The molecule has 182 valence electrons. The highest BCUT2D eigenvalue weighted by atomic mass is 19.1. The Hall–Kier alpha value is -4.65. The predicted octanol–water partition coefficient (Wildman–Crippen LogP) is 4.66. The molecule has 3 heterocycles. The molecule has 0 bridgehead atoms. The van der Waals surface area contributed by atoms with Crippen molar-refractivity contribution >= 4 is 28.5 Å². The van der Waals surface area contributed by atoms with E-state index in [0.29, 0.717) is 37.1 Å². The second-order valence-electron chi connectivity index (χ2n) is 8.63. The standard InChI is InChI=1S/C26H25FN8O/c1-17-13-29-24-23(17)25(32-16-31-24)34-10-11-35(18(2)14-34)26(30-15-28)33-20-4-3-5-22(12-20)36-21-8-6-19(27)7-9-21/h3-9,12-13,16,18H,10-11,14H2,1-2H3,(H,30,33)(H,29,31,32)/t18-/m0/s1. The lowest BCUT2D eigenvalue weighted by Gasteiger charge is -2.41. The summed E-state index contributed by atoms with van der Waals surface area (Å²) in [6, 6.07) is 13.2. The summed E-state index contributed by atoms with van der Waals surface area (Å²) in [5.41, 5.74) is 2.65. The summed E-state index contributed by atoms with van der Waals surface area (Å²) in [6.45, 7) is 6.20. The Bertz CT molecular complexity index is 1440. The van der Waals surface area contributed by atoms with E-state index in [1.54, 1.807) is 18.5 Å². The van der Waals surface area contributed by atoms with Crippen LogP contribution in [0, 0.1) is 24.2 Å². The third-order valence-corrected chi connectivity index (χ3v) is 6.14. The highest BCUT2D eigenvalue weighted by molar-refractivity contribution is 5.95. The van der Waals surface area contributed by atoms with Gasteiger partial charge in [0.2, 0.25) is 12.2 Å². The second-order valence-corrected chi connectivity index (χ2v) is 8.63. The van der Waals surface area contributed by atoms with Crippen LogP contribution in [-0.2, 0) is 0 Å². The number of anilines is 2. The van der Waals surface area contributed by atoms with E-state index in [2.05, 4.69) is 42.0 Å². The maximum atomic E-state index is 13.2. The lowest BCUT2D eigenvalue weighted by Crippen LogP contribution is -2.56. The number of aromatic nitrogens is 3. The zero-order chi connectivity index (χ0) is 25.1. The highest BCUT2D eigenvalue weighted by Crippen LogP contribution is 2.28. The molecule has 2 N–H and O–H groups in total. The zero-order valence-electron chi connectivity index (χ0n) is 19.9. The van der Waals surface area contributed by atoms with Crippen LogP contribution in [0.4, 0.5) is 15.9 Å². The van der Waals surface area contributed by atoms with Gasteiger partial charge in [-0.2, -0.15) is 5.26 Å². The minimum atomic E-state index is -0.322. The molecule has 2 aromatic carbocycles. The number of halogens is 1. The van der Waals surface area contributed by atoms with E-state index in [1.165, 1.54) is 12.1 Å². The Labute approximate surface area is 207 Å². The molecule has 1 aliphatic heterocycles. The number of nitriles is 1. The topological polar surface area (TPSA) is 105 Å². The number of benzene rings is 2. The monoisotopic (exact) mass is 484 g/mol. The number of rotatable bonds is 4. The number of nitrogens with one attached hydrogen (secondary N) is 2. The fraction of sp³-hybridized carbons (Fsp3) is 0.231. The molecular weight excluding hydrogens is 459 g/mol. The van der Waals surface area contributed by atoms with E-state index < -0.39 is 0 Å². The molecule has 0 radical (unpaired) electrons. The molecule has 1 saturated heterocycles. The first-order chi connectivity index (χ1) is 17.5. The fourth-order valence-electron chi connectivity index (χ4n) is 4.42. The van der Waals surface area contributed by atoms with Crippen LogP contribution in [0.15, 0.2) is 66.0 Å². The molecule has 5 rings (SSSR count). The molecular formula is C26H25FN8O. The predicted molar refractivity (Wildman–Crippen MR) is 137 cm³/mol. The first-order valence-electron chi connectivity index (χ1n) is 11.6. The Balaban J connectivity index is 1.31. The van der Waals surface area contributed by atoms with E-state index in [1.807, 2.05) is 43.6 Å². The van der Waals surface area contributed by atoms with E-state index in [4.69, 9.17) is 4.74 Å². The third kappa shape index (κ3) is 4.77. The van der Waals surface area contributed by atoms with Crippen LogP contribution in [0.3, 0.4) is 0 Å². The fourth-order valence-corrected chi connectivity index (χ4v) is 4.42. The van der Waals surface area contributed by atoms with Crippen LogP contribution in [-0.4, -0.2) is 51.5 Å². The molecule has 0 unspecified atom stereocenters. The van der Waals surface area contributed by atoms with E-state index in [0.717, 1.165) is 28.1 Å². The van der Waals surface area contributed by atoms with Crippen LogP contribution in [0.25, 0.3) is 11.0 Å². The van der Waals surface area contributed by atoms with Gasteiger partial charge in [-0.15, -0.1) is 4.99 Å². The number of guanidine groups is 1. The summed E-state index contributed by atoms with van der Waals surface area (Å²) >= 11 is 0. The molecule has 4 aromatic rings. The Morgan fingerprint density at radius 1 is 1.19 bits per heavy atom. The first kappa shape index (κ1) is 23.1. The SMILES string of the molecule is Cc1c[nH]c2ncnc(N3CCN(/C(=N/C#N)Nc4cccc(Oc5ccc(F)cc5)c4)[C@@H](C)C3)c12. The second kappa shape index (κ2) is 9.92. The number of hydrogen-bond donors (Lipinski definition) is 2. The maximum absolute atomic E-state index is 13.2. The van der Waals surface area contributed by atoms with Crippen molar-refractivity contribution in [3.05, 3.63) is 72.4 Å². The summed E-state index contributed by atoms with van der Waals surface area (Å²) in [4.78, 5) is 20.5. The summed E-state index contributed by atoms with van der Waals surface area (Å²) < 4.78 is 19.0. The van der Waals surface area contributed by atoms with Gasteiger partial charge in [0.1, 0.15) is 35.1 Å². The van der Waals surface area contributed by atoms with Crippen molar-refractivity contribution in [2.75, 3.05) is 29.9 Å². The van der Waals surface area contributed by atoms with Crippen molar-refractivity contribution in [2.24, 2.45) is 4.99 Å². The highest BCUT2D eigenvalue weighted by Gasteiger charge is 2.28. The Kier molecular flexibility index (Phi) is 6.36. The van der Waals surface area contributed by atoms with Crippen molar-refractivity contribution in [3.8, 4) is 17.7 Å². The average Bonchev–Trinajstić information content (AvgIpc) is 3.26. The molecule has 2 aromatic heterocycles. The number of piperazine rings is 1. The van der Waals surface area contributed by atoms with Gasteiger partial charge in [0.25, 0.3) is 0 Å². The molecule has 1 aliphatic rings. The zero-order valence-corrected chi connectivity index (χ0v) is 19.9. The van der Waals surface area contributed by atoms with Crippen molar-refractivity contribution in [1.82, 2.24) is 19.9 Å². The van der Waals surface area contributed by atoms with Crippen molar-refractivity contribution < 1.29 is 9.13 Å². The van der Waals surface area contributed by atoms with Gasteiger partial charge in [-0.1, -0.05) is 6.07 Å². The van der Waals surface area contributed by atoms with Crippen molar-refractivity contribution in [1.29, 1.82) is 5.26 Å². The van der Waals surface area contributed by atoms with Crippen molar-refractivity contribution in [3.63, 3.8) is 0 Å². The molecule has 1 fully saturated rings. The number of aryl methyl sites for hydroxylation is 1. The number of nitrogens with zero attached hydrogens (tertiary/aromatic N) is 6. The van der Waals surface area contributed by atoms with E-state index in [9.17, 15) is 9.65 Å². The minimum absolute atomic E-state index is 0.0567. The van der Waals surface area contributed by atoms with Gasteiger partial charge >= 0.3 is 0 Å². The average molecular weight is 485 g/mol. The smallest absolute Gasteiger partial charge is 0.214 e. The van der Waals surface area contributed by atoms with Crippen LogP contribution in [0.5, 0.6) is 11.5 Å². The van der Waals surface area contributed by atoms with Crippen LogP contribution < -0.4 is 15.0 Å². The number of H-pyrrole nitrogens is 1. The van der Waals surface area contributed by atoms with Crippen molar-refractivity contribution in [2.45, 2.75) is 19.9 Å². The molecule has 10 heteroatoms. The van der Waals surface area contributed by atoms with E-state index in [-0.39, 0.29) is 11.9 Å². The molecule has 9 nitrogen and oxygen atoms in total. The van der Waals surface area contributed by atoms with Crippen LogP contribution in [0.1, 0.15) is 12.5 Å². The molecule has 0 spiro atoms. The van der Waals surface area contributed by atoms with Gasteiger partial charge < -0.3 is 24.8 Å². The summed E-state index contributed by atoms with van der Waals surface area (Å²) in [5.74, 6) is 2.16. The number of hydrogen-bond acceptors (Lipinski definition) is 6. The number of fused-ring (bicyclic) bond motifs is 1. The van der Waals surface area contributed by atoms with E-state index >= 15 is 0 Å². The van der Waals surface area contributed by atoms with Gasteiger partial charge in [-0.25, -0.2) is 14.4 Å². The van der Waals surface area contributed by atoms with Crippen LogP contribution >= 0.6 is 0 Å². The summed E-state index contributed by atoms with van der Waals surface area (Å²) in [7, 11) is 0. The minimum Gasteiger partial charge on any atom is -0.457 e. The quantitative estimate of drug-likeness (QED) is 0.247. The summed E-state index contributed by atoms with van der Waals surface area (Å²) in [5, 5.41) is 13.7. The first-order valence-corrected chi connectivity index (χ1v) is 11.6. The normalized spacial score (nSPS) is 16.2. The number of aliphatic imine (C=N–C) groups is 1. The molecule has 1 atom stereocenters. The Morgan fingerprint density at radius 3 is 2.81 bits per heavy atom. The lowest BCUT2D eigenvalue weighted by molar-refractivity contribution is 0.297. The molecule has 36 heavy (non-hydrogen) atoms. The molecule has 0 amide bonds. The van der Waals surface area contributed by atoms with Gasteiger partial charge in [0, 0.05) is 43.6 Å².